The van der Waals surface area contributed by atoms with Crippen LogP contribution in [0.5, 0.6) is 0 Å². The third kappa shape index (κ3) is 15.8. The zero-order chi connectivity index (χ0) is 18.4. The van der Waals surface area contributed by atoms with Crippen molar-refractivity contribution < 1.29 is 4.79 Å². The smallest absolute Gasteiger partial charge is 0.221 e. The molecule has 0 spiro atoms. The average Bonchev–Trinajstić information content (AvgIpc) is 2.46. The summed E-state index contributed by atoms with van der Waals surface area (Å²) in [4.78, 5) is 10.7. The van der Waals surface area contributed by atoms with Crippen molar-refractivity contribution in [2.75, 3.05) is 0 Å². The predicted octanol–water partition coefficient (Wildman–Crippen LogP) is 7.68. The van der Waals surface area contributed by atoms with Crippen LogP contribution in [0.15, 0.2) is 46.6 Å². The van der Waals surface area contributed by atoms with E-state index in [0.717, 1.165) is 38.5 Å². The van der Waals surface area contributed by atoms with Crippen LogP contribution >= 0.6 is 11.6 Å². The van der Waals surface area contributed by atoms with Crippen molar-refractivity contribution in [2.45, 2.75) is 86.0 Å². The third-order valence-electron chi connectivity index (χ3n) is 3.99. The molecule has 2 heteroatoms. The number of carbonyl (C=O) groups is 1. The first-order chi connectivity index (χ1) is 11.3. The van der Waals surface area contributed by atoms with Gasteiger partial charge in [0, 0.05) is 6.42 Å². The second-order valence-corrected chi connectivity index (χ2v) is 7.36. The molecule has 0 aliphatic carbocycles. The van der Waals surface area contributed by atoms with E-state index in [2.05, 4.69) is 58.9 Å². The number of allylic oxidation sites excluding steroid dienone is 8. The first-order valence-electron chi connectivity index (χ1n) is 9.10. The summed E-state index contributed by atoms with van der Waals surface area (Å²) >= 11 is 5.33. The van der Waals surface area contributed by atoms with Crippen LogP contribution in [0.1, 0.15) is 86.0 Å². The van der Waals surface area contributed by atoms with E-state index in [0.29, 0.717) is 6.42 Å². The van der Waals surface area contributed by atoms with E-state index in [4.69, 9.17) is 11.6 Å². The highest BCUT2D eigenvalue weighted by Gasteiger charge is 1.95. The molecule has 0 bridgehead atoms. The van der Waals surface area contributed by atoms with Crippen molar-refractivity contribution in [3.63, 3.8) is 0 Å². The molecule has 0 N–H and O–H groups in total. The Balaban J connectivity index is 3.98. The monoisotopic (exact) mass is 350 g/mol. The molecule has 0 aromatic rings. The first kappa shape index (κ1) is 22.9. The fraction of sp³-hybridized carbons (Fsp3) is 0.591. The van der Waals surface area contributed by atoms with E-state index in [1.807, 2.05) is 0 Å². The maximum atomic E-state index is 10.7. The molecule has 0 saturated carbocycles. The first-order valence-corrected chi connectivity index (χ1v) is 9.47. The summed E-state index contributed by atoms with van der Waals surface area (Å²) in [5.41, 5.74) is 5.70. The number of carbonyl (C=O) groups excluding carboxylic acids is 1. The lowest BCUT2D eigenvalue weighted by Crippen LogP contribution is -1.85. The highest BCUT2D eigenvalue weighted by molar-refractivity contribution is 6.63. The molecule has 0 radical (unpaired) electrons. The van der Waals surface area contributed by atoms with Crippen LogP contribution in [0.2, 0.25) is 0 Å². The van der Waals surface area contributed by atoms with Crippen LogP contribution in [-0.4, -0.2) is 5.24 Å². The quantitative estimate of drug-likeness (QED) is 0.260. The van der Waals surface area contributed by atoms with E-state index in [9.17, 15) is 4.79 Å². The second-order valence-electron chi connectivity index (χ2n) is 6.94. The van der Waals surface area contributed by atoms with E-state index < -0.39 is 0 Å². The Morgan fingerprint density at radius 3 is 1.29 bits per heavy atom. The fourth-order valence-electron chi connectivity index (χ4n) is 2.42. The van der Waals surface area contributed by atoms with Gasteiger partial charge in [-0.25, -0.2) is 0 Å². The Morgan fingerprint density at radius 1 is 0.625 bits per heavy atom. The maximum absolute atomic E-state index is 10.7. The maximum Gasteiger partial charge on any atom is 0.221 e. The van der Waals surface area contributed by atoms with Crippen molar-refractivity contribution in [1.82, 2.24) is 0 Å². The predicted molar refractivity (Wildman–Crippen MR) is 108 cm³/mol. The van der Waals surface area contributed by atoms with Gasteiger partial charge in [0.2, 0.25) is 5.24 Å². The summed E-state index contributed by atoms with van der Waals surface area (Å²) in [6, 6.07) is 0. The van der Waals surface area contributed by atoms with Gasteiger partial charge in [0.1, 0.15) is 0 Å². The number of hydrogen-bond donors (Lipinski definition) is 0. The van der Waals surface area contributed by atoms with E-state index in [-0.39, 0.29) is 5.24 Å². The molecular weight excluding hydrogens is 316 g/mol. The minimum absolute atomic E-state index is 0.251. The van der Waals surface area contributed by atoms with Gasteiger partial charge in [-0.15, -0.1) is 0 Å². The number of rotatable bonds is 12. The minimum Gasteiger partial charge on any atom is -0.281 e. The van der Waals surface area contributed by atoms with Gasteiger partial charge in [0.15, 0.2) is 0 Å². The molecule has 24 heavy (non-hydrogen) atoms. The highest BCUT2D eigenvalue weighted by atomic mass is 35.5. The van der Waals surface area contributed by atoms with Gasteiger partial charge < -0.3 is 0 Å². The zero-order valence-electron chi connectivity index (χ0n) is 16.3. The molecule has 0 heterocycles. The van der Waals surface area contributed by atoms with E-state index in [1.165, 1.54) is 28.7 Å². The van der Waals surface area contributed by atoms with Crippen LogP contribution in [0.3, 0.4) is 0 Å². The van der Waals surface area contributed by atoms with E-state index in [1.54, 1.807) is 0 Å². The summed E-state index contributed by atoms with van der Waals surface area (Å²) < 4.78 is 0. The Hall–Kier alpha value is -1.08. The molecule has 0 fully saturated rings. The summed E-state index contributed by atoms with van der Waals surface area (Å²) in [7, 11) is 0. The molecule has 0 unspecified atom stereocenters. The molecule has 1 nitrogen and oxygen atoms in total. The van der Waals surface area contributed by atoms with Crippen LogP contribution in [0.25, 0.3) is 0 Å². The van der Waals surface area contributed by atoms with Gasteiger partial charge in [-0.05, 0) is 91.2 Å². The topological polar surface area (TPSA) is 17.1 Å². The molecule has 0 atom stereocenters. The second kappa shape index (κ2) is 14.3. The molecule has 0 rings (SSSR count). The number of halogens is 1. The molecular formula is C22H35ClO. The van der Waals surface area contributed by atoms with Crippen molar-refractivity contribution in [3.8, 4) is 0 Å². The van der Waals surface area contributed by atoms with Crippen LogP contribution in [-0.2, 0) is 4.79 Å². The lowest BCUT2D eigenvalue weighted by molar-refractivity contribution is -0.111. The lowest BCUT2D eigenvalue weighted by Gasteiger charge is -2.02. The van der Waals surface area contributed by atoms with Crippen LogP contribution in [0.4, 0.5) is 0 Å². The van der Waals surface area contributed by atoms with Crippen molar-refractivity contribution in [3.05, 3.63) is 46.6 Å². The lowest BCUT2D eigenvalue weighted by atomic mass is 10.0. The van der Waals surface area contributed by atoms with Gasteiger partial charge in [0.05, 0.1) is 0 Å². The summed E-state index contributed by atoms with van der Waals surface area (Å²) in [6.07, 6.45) is 17.1. The Kier molecular flexibility index (Phi) is 13.6. The normalized spacial score (nSPS) is 13.2. The molecule has 0 aliphatic heterocycles. The van der Waals surface area contributed by atoms with Crippen LogP contribution < -0.4 is 0 Å². The molecule has 0 saturated heterocycles. The average molecular weight is 351 g/mol. The third-order valence-corrected chi connectivity index (χ3v) is 4.18. The van der Waals surface area contributed by atoms with Gasteiger partial charge >= 0.3 is 0 Å². The molecule has 0 aromatic carbocycles. The Morgan fingerprint density at radius 2 is 0.958 bits per heavy atom. The van der Waals surface area contributed by atoms with Crippen LogP contribution in [0, 0.1) is 0 Å². The minimum atomic E-state index is -0.251. The molecule has 0 amide bonds. The molecule has 0 aromatic heterocycles. The Labute approximate surface area is 154 Å². The fourth-order valence-corrected chi connectivity index (χ4v) is 2.53. The van der Waals surface area contributed by atoms with Crippen molar-refractivity contribution in [2.24, 2.45) is 0 Å². The largest absolute Gasteiger partial charge is 0.281 e. The van der Waals surface area contributed by atoms with Gasteiger partial charge in [-0.1, -0.05) is 46.6 Å². The summed E-state index contributed by atoms with van der Waals surface area (Å²) in [6.45, 7) is 10.9. The van der Waals surface area contributed by atoms with Gasteiger partial charge in [0.25, 0.3) is 0 Å². The Bertz CT molecular complexity index is 488. The van der Waals surface area contributed by atoms with Crippen molar-refractivity contribution in [1.29, 1.82) is 0 Å². The summed E-state index contributed by atoms with van der Waals surface area (Å²) in [5, 5.41) is -0.251. The molecule has 136 valence electrons. The van der Waals surface area contributed by atoms with Crippen molar-refractivity contribution >= 4 is 16.8 Å². The SMILES string of the molecule is CC(C)=CCC/C(C)=C/CC/C(C)=C/CC/C(C)=C/CCC(=O)Cl. The number of hydrogen-bond acceptors (Lipinski definition) is 1. The highest BCUT2D eigenvalue weighted by Crippen LogP contribution is 2.14. The standard InChI is InChI=1S/C22H35ClO/c1-18(2)10-6-11-19(3)12-7-13-20(4)14-8-15-21(5)16-9-17-22(23)24/h10,12,14,16H,6-9,11,13,15,17H2,1-5H3/b19-12+,20-14+,21-16+. The summed E-state index contributed by atoms with van der Waals surface area (Å²) in [5.74, 6) is 0. The molecule has 0 aliphatic rings. The zero-order valence-corrected chi connectivity index (χ0v) is 17.0. The van der Waals surface area contributed by atoms with Gasteiger partial charge in [-0.2, -0.15) is 0 Å². The van der Waals surface area contributed by atoms with E-state index >= 15 is 0 Å². The van der Waals surface area contributed by atoms with Gasteiger partial charge in [-0.3, -0.25) is 4.79 Å².